The first-order valence-corrected chi connectivity index (χ1v) is 2.25. The third kappa shape index (κ3) is 2.56. The van der Waals surface area contributed by atoms with Gasteiger partial charge >= 0.3 is 0 Å². The molecule has 1 N–H and O–H groups in total. The first kappa shape index (κ1) is 6.88. The Hall–Kier alpha value is -0.120. The maximum absolute atomic E-state index is 8.33. The van der Waals surface area contributed by atoms with Crippen molar-refractivity contribution >= 4 is 0 Å². The summed E-state index contributed by atoms with van der Waals surface area (Å²) in [5.74, 6) is 0. The highest BCUT2D eigenvalue weighted by molar-refractivity contribution is 4.23. The van der Waals surface area contributed by atoms with Crippen LogP contribution >= 0.6 is 0 Å². The lowest BCUT2D eigenvalue weighted by molar-refractivity contribution is -0.169. The van der Waals surface area contributed by atoms with Gasteiger partial charge in [-0.25, -0.2) is 0 Å². The summed E-state index contributed by atoms with van der Waals surface area (Å²) >= 11 is 0. The van der Waals surface area contributed by atoms with E-state index in [-0.39, 0.29) is 6.73 Å². The number of aliphatic hydroxyl groups excluding tert-OH is 1. The lowest BCUT2D eigenvalue weighted by Crippen LogP contribution is -2.22. The van der Waals surface area contributed by atoms with Crippen molar-refractivity contribution in [3.05, 3.63) is 0 Å². The molecule has 0 aromatic rings. The molecule has 7 heavy (non-hydrogen) atoms. The smallest absolute Gasteiger partial charge is 0.119 e. The molecule has 0 aliphatic rings. The summed E-state index contributed by atoms with van der Waals surface area (Å²) < 4.78 is 0. The molecule has 3 heteroatoms. The van der Waals surface area contributed by atoms with Gasteiger partial charge in [-0.05, 0) is 6.92 Å². The SMILES string of the molecule is CCN(CO)OC. The first-order chi connectivity index (χ1) is 3.35. The fraction of sp³-hybridized carbons (Fsp3) is 1.00. The van der Waals surface area contributed by atoms with Crippen LogP contribution in [0.5, 0.6) is 0 Å². The third-order valence-corrected chi connectivity index (χ3v) is 0.769. The summed E-state index contributed by atoms with van der Waals surface area (Å²) in [7, 11) is 1.53. The number of nitrogens with zero attached hydrogens (tertiary/aromatic N) is 1. The molecule has 0 rings (SSSR count). The molecule has 0 atom stereocenters. The van der Waals surface area contributed by atoms with Crippen LogP contribution in [-0.4, -0.2) is 30.6 Å². The van der Waals surface area contributed by atoms with Crippen LogP contribution < -0.4 is 0 Å². The van der Waals surface area contributed by atoms with Gasteiger partial charge in [-0.1, -0.05) is 0 Å². The summed E-state index contributed by atoms with van der Waals surface area (Å²) in [5, 5.41) is 9.76. The van der Waals surface area contributed by atoms with Gasteiger partial charge in [-0.2, -0.15) is 5.06 Å². The monoisotopic (exact) mass is 105 g/mol. The summed E-state index contributed by atoms with van der Waals surface area (Å²) in [5.41, 5.74) is 0. The lowest BCUT2D eigenvalue weighted by Gasteiger charge is -2.11. The van der Waals surface area contributed by atoms with Gasteiger partial charge in [-0.3, -0.25) is 0 Å². The van der Waals surface area contributed by atoms with Crippen molar-refractivity contribution in [1.82, 2.24) is 5.06 Å². The number of hydrogen-bond acceptors (Lipinski definition) is 3. The minimum absolute atomic E-state index is 0.0347. The predicted molar refractivity (Wildman–Crippen MR) is 26.5 cm³/mol. The van der Waals surface area contributed by atoms with E-state index < -0.39 is 0 Å². The van der Waals surface area contributed by atoms with E-state index in [0.29, 0.717) is 6.54 Å². The van der Waals surface area contributed by atoms with E-state index in [1.165, 1.54) is 12.2 Å². The highest BCUT2D eigenvalue weighted by Crippen LogP contribution is 1.80. The van der Waals surface area contributed by atoms with Gasteiger partial charge < -0.3 is 9.94 Å². The van der Waals surface area contributed by atoms with Gasteiger partial charge in [0.1, 0.15) is 6.73 Å². The molecule has 0 aromatic carbocycles. The second-order valence-corrected chi connectivity index (χ2v) is 1.12. The zero-order chi connectivity index (χ0) is 5.70. The van der Waals surface area contributed by atoms with E-state index >= 15 is 0 Å². The van der Waals surface area contributed by atoms with Gasteiger partial charge in [-0.15, -0.1) is 0 Å². The standard InChI is InChI=1S/C4H11NO2/c1-3-5(4-6)7-2/h6H,3-4H2,1-2H3. The Morgan fingerprint density at radius 1 is 1.71 bits per heavy atom. The molecule has 0 unspecified atom stereocenters. The molecule has 0 heterocycles. The Morgan fingerprint density at radius 2 is 2.29 bits per heavy atom. The molecule has 0 saturated heterocycles. The topological polar surface area (TPSA) is 32.7 Å². The van der Waals surface area contributed by atoms with E-state index in [1.807, 2.05) is 6.92 Å². The summed E-state index contributed by atoms with van der Waals surface area (Å²) in [6.07, 6.45) is 0. The highest BCUT2D eigenvalue weighted by atomic mass is 16.7. The van der Waals surface area contributed by atoms with Crippen LogP contribution in [-0.2, 0) is 4.84 Å². The third-order valence-electron chi connectivity index (χ3n) is 0.769. The molecular weight excluding hydrogens is 94.0 g/mol. The van der Waals surface area contributed by atoms with Crippen LogP contribution in [0.15, 0.2) is 0 Å². The van der Waals surface area contributed by atoms with Crippen molar-refractivity contribution < 1.29 is 9.94 Å². The Bertz CT molecular complexity index is 31.2. The lowest BCUT2D eigenvalue weighted by atomic mass is 10.7. The average molecular weight is 105 g/mol. The largest absolute Gasteiger partial charge is 0.379 e. The van der Waals surface area contributed by atoms with Crippen molar-refractivity contribution in [3.63, 3.8) is 0 Å². The molecule has 0 aliphatic carbocycles. The van der Waals surface area contributed by atoms with E-state index in [4.69, 9.17) is 5.11 Å². The van der Waals surface area contributed by atoms with Gasteiger partial charge in [0.2, 0.25) is 0 Å². The minimum atomic E-state index is -0.0347. The van der Waals surface area contributed by atoms with Gasteiger partial charge in [0.15, 0.2) is 0 Å². The zero-order valence-electron chi connectivity index (χ0n) is 4.72. The molecule has 0 aliphatic heterocycles. The Kier molecular flexibility index (Phi) is 3.98. The normalized spacial score (nSPS) is 10.3. The minimum Gasteiger partial charge on any atom is -0.379 e. The molecule has 0 saturated carbocycles. The van der Waals surface area contributed by atoms with E-state index in [9.17, 15) is 0 Å². The van der Waals surface area contributed by atoms with Crippen LogP contribution in [0.2, 0.25) is 0 Å². The number of hydrogen-bond donors (Lipinski definition) is 1. The summed E-state index contributed by atoms with van der Waals surface area (Å²) in [4.78, 5) is 4.63. The van der Waals surface area contributed by atoms with Crippen LogP contribution in [0.25, 0.3) is 0 Å². The molecule has 0 amide bonds. The fourth-order valence-electron chi connectivity index (χ4n) is 0.287. The highest BCUT2D eigenvalue weighted by Gasteiger charge is 1.91. The second kappa shape index (κ2) is 4.05. The van der Waals surface area contributed by atoms with Gasteiger partial charge in [0.25, 0.3) is 0 Å². The van der Waals surface area contributed by atoms with Gasteiger partial charge in [0, 0.05) is 6.54 Å². The molecule has 0 bridgehead atoms. The van der Waals surface area contributed by atoms with Gasteiger partial charge in [0.05, 0.1) is 7.11 Å². The maximum atomic E-state index is 8.33. The van der Waals surface area contributed by atoms with Crippen LogP contribution in [0.3, 0.4) is 0 Å². The average Bonchev–Trinajstić information content (AvgIpc) is 1.72. The van der Waals surface area contributed by atoms with Crippen LogP contribution in [0.4, 0.5) is 0 Å². The van der Waals surface area contributed by atoms with Crippen molar-refractivity contribution in [1.29, 1.82) is 0 Å². The van der Waals surface area contributed by atoms with Crippen molar-refractivity contribution in [3.8, 4) is 0 Å². The molecule has 44 valence electrons. The molecule has 0 fully saturated rings. The maximum Gasteiger partial charge on any atom is 0.119 e. The number of rotatable bonds is 3. The zero-order valence-corrected chi connectivity index (χ0v) is 4.72. The molecule has 0 spiro atoms. The Balaban J connectivity index is 2.99. The van der Waals surface area contributed by atoms with E-state index in [1.54, 1.807) is 0 Å². The summed E-state index contributed by atoms with van der Waals surface area (Å²) in [6.45, 7) is 2.58. The van der Waals surface area contributed by atoms with Crippen molar-refractivity contribution in [2.75, 3.05) is 20.4 Å². The Morgan fingerprint density at radius 3 is 2.29 bits per heavy atom. The molecule has 0 radical (unpaired) electrons. The van der Waals surface area contributed by atoms with Crippen molar-refractivity contribution in [2.24, 2.45) is 0 Å². The molecular formula is C4H11NO2. The van der Waals surface area contributed by atoms with E-state index in [0.717, 1.165) is 0 Å². The molecule has 0 aromatic heterocycles. The molecule has 3 nitrogen and oxygen atoms in total. The van der Waals surface area contributed by atoms with Crippen LogP contribution in [0, 0.1) is 0 Å². The van der Waals surface area contributed by atoms with E-state index in [2.05, 4.69) is 4.84 Å². The quantitative estimate of drug-likeness (QED) is 0.399. The number of hydroxylamine groups is 2. The Labute approximate surface area is 43.5 Å². The predicted octanol–water partition coefficient (Wildman–Crippen LogP) is -0.181. The van der Waals surface area contributed by atoms with Crippen LogP contribution in [0.1, 0.15) is 6.92 Å². The number of aliphatic hydroxyl groups is 1. The first-order valence-electron chi connectivity index (χ1n) is 2.25. The summed E-state index contributed by atoms with van der Waals surface area (Å²) in [6, 6.07) is 0. The van der Waals surface area contributed by atoms with Crippen molar-refractivity contribution in [2.45, 2.75) is 6.92 Å². The second-order valence-electron chi connectivity index (χ2n) is 1.12. The fourth-order valence-corrected chi connectivity index (χ4v) is 0.287.